The van der Waals surface area contributed by atoms with Crippen molar-refractivity contribution in [1.29, 1.82) is 0 Å². The number of hydrogen-bond donors (Lipinski definition) is 2. The fourth-order valence-electron chi connectivity index (χ4n) is 1.93. The summed E-state index contributed by atoms with van der Waals surface area (Å²) in [4.78, 5) is 21.8. The SMILES string of the molecule is CC(=O)C[C@H](O)[C@@H](C)Cc1ccc(NC(C)=O)cc1. The summed E-state index contributed by atoms with van der Waals surface area (Å²) in [6, 6.07) is 7.51. The van der Waals surface area contributed by atoms with Crippen molar-refractivity contribution < 1.29 is 14.7 Å². The lowest BCUT2D eigenvalue weighted by Crippen LogP contribution is -2.22. The standard InChI is InChI=1S/C15H21NO3/c1-10(15(19)9-11(2)17)8-13-4-6-14(7-5-13)16-12(3)18/h4-7,10,15,19H,8-9H2,1-3H3,(H,16,18)/t10-,15-/m0/s1. The van der Waals surface area contributed by atoms with Gasteiger partial charge in [0.2, 0.25) is 5.91 Å². The van der Waals surface area contributed by atoms with Crippen molar-refractivity contribution >= 4 is 17.4 Å². The topological polar surface area (TPSA) is 66.4 Å². The Morgan fingerprint density at radius 2 is 1.79 bits per heavy atom. The molecule has 1 aromatic carbocycles. The lowest BCUT2D eigenvalue weighted by atomic mass is 9.93. The van der Waals surface area contributed by atoms with E-state index in [1.165, 1.54) is 13.8 Å². The average Bonchev–Trinajstić information content (AvgIpc) is 2.30. The second-order valence-corrected chi connectivity index (χ2v) is 5.03. The van der Waals surface area contributed by atoms with Crippen LogP contribution in [0.15, 0.2) is 24.3 Å². The zero-order valence-electron chi connectivity index (χ0n) is 11.6. The quantitative estimate of drug-likeness (QED) is 0.826. The van der Waals surface area contributed by atoms with E-state index < -0.39 is 6.10 Å². The Labute approximate surface area is 113 Å². The summed E-state index contributed by atoms with van der Waals surface area (Å²) in [7, 11) is 0. The van der Waals surface area contributed by atoms with Gasteiger partial charge in [-0.1, -0.05) is 19.1 Å². The molecule has 0 saturated heterocycles. The first-order chi connectivity index (χ1) is 8.88. The number of amides is 1. The molecule has 19 heavy (non-hydrogen) atoms. The predicted molar refractivity (Wildman–Crippen MR) is 74.9 cm³/mol. The van der Waals surface area contributed by atoms with Crippen molar-refractivity contribution in [3.05, 3.63) is 29.8 Å². The molecule has 0 aliphatic rings. The van der Waals surface area contributed by atoms with Crippen LogP contribution >= 0.6 is 0 Å². The van der Waals surface area contributed by atoms with Crippen LogP contribution in [-0.2, 0) is 16.0 Å². The molecule has 2 N–H and O–H groups in total. The summed E-state index contributed by atoms with van der Waals surface area (Å²) >= 11 is 0. The zero-order chi connectivity index (χ0) is 14.4. The molecule has 2 atom stereocenters. The van der Waals surface area contributed by atoms with Gasteiger partial charge in [0.15, 0.2) is 0 Å². The number of rotatable bonds is 6. The van der Waals surface area contributed by atoms with Gasteiger partial charge in [-0.05, 0) is 37.0 Å². The molecule has 0 unspecified atom stereocenters. The van der Waals surface area contributed by atoms with E-state index in [-0.39, 0.29) is 24.0 Å². The van der Waals surface area contributed by atoms with Gasteiger partial charge in [-0.3, -0.25) is 9.59 Å². The van der Waals surface area contributed by atoms with Gasteiger partial charge in [0, 0.05) is 19.0 Å². The van der Waals surface area contributed by atoms with E-state index >= 15 is 0 Å². The molecule has 0 aliphatic heterocycles. The number of carbonyl (C=O) groups excluding carboxylic acids is 2. The molecule has 104 valence electrons. The zero-order valence-corrected chi connectivity index (χ0v) is 11.6. The number of hydrogen-bond acceptors (Lipinski definition) is 3. The number of aliphatic hydroxyl groups is 1. The average molecular weight is 263 g/mol. The maximum Gasteiger partial charge on any atom is 0.221 e. The van der Waals surface area contributed by atoms with E-state index in [1.807, 2.05) is 31.2 Å². The van der Waals surface area contributed by atoms with Crippen LogP contribution in [0.4, 0.5) is 5.69 Å². The number of carbonyl (C=O) groups is 2. The van der Waals surface area contributed by atoms with Crippen LogP contribution in [-0.4, -0.2) is 22.9 Å². The Morgan fingerprint density at radius 3 is 2.26 bits per heavy atom. The van der Waals surface area contributed by atoms with Gasteiger partial charge in [0.05, 0.1) is 6.10 Å². The second kappa shape index (κ2) is 7.04. The maximum absolute atomic E-state index is 11.0. The Bertz CT molecular complexity index is 439. The highest BCUT2D eigenvalue weighted by molar-refractivity contribution is 5.88. The monoisotopic (exact) mass is 263 g/mol. The Morgan fingerprint density at radius 1 is 1.21 bits per heavy atom. The van der Waals surface area contributed by atoms with Crippen molar-refractivity contribution in [2.24, 2.45) is 5.92 Å². The highest BCUT2D eigenvalue weighted by atomic mass is 16.3. The van der Waals surface area contributed by atoms with E-state index in [0.29, 0.717) is 6.42 Å². The molecular formula is C15H21NO3. The van der Waals surface area contributed by atoms with Gasteiger partial charge in [-0.15, -0.1) is 0 Å². The van der Waals surface area contributed by atoms with E-state index in [1.54, 1.807) is 0 Å². The molecule has 1 rings (SSSR count). The van der Waals surface area contributed by atoms with Crippen LogP contribution < -0.4 is 5.32 Å². The van der Waals surface area contributed by atoms with Crippen LogP contribution in [0.5, 0.6) is 0 Å². The highest BCUT2D eigenvalue weighted by Gasteiger charge is 2.16. The first-order valence-corrected chi connectivity index (χ1v) is 6.42. The molecule has 1 aromatic rings. The maximum atomic E-state index is 11.0. The summed E-state index contributed by atoms with van der Waals surface area (Å²) in [5.41, 5.74) is 1.83. The Hall–Kier alpha value is -1.68. The molecule has 0 spiro atoms. The van der Waals surface area contributed by atoms with Crippen LogP contribution in [0.25, 0.3) is 0 Å². The molecule has 0 fully saturated rings. The number of Topliss-reactive ketones (excluding diaryl/α,β-unsaturated/α-hetero) is 1. The third kappa shape index (κ3) is 5.66. The number of aliphatic hydroxyl groups excluding tert-OH is 1. The third-order valence-electron chi connectivity index (χ3n) is 2.99. The first kappa shape index (κ1) is 15.4. The number of nitrogens with one attached hydrogen (secondary N) is 1. The molecule has 0 bridgehead atoms. The van der Waals surface area contributed by atoms with Gasteiger partial charge in [0.25, 0.3) is 0 Å². The summed E-state index contributed by atoms with van der Waals surface area (Å²) in [5, 5.41) is 12.5. The van der Waals surface area contributed by atoms with E-state index in [9.17, 15) is 14.7 Å². The van der Waals surface area contributed by atoms with E-state index in [0.717, 1.165) is 11.3 Å². The summed E-state index contributed by atoms with van der Waals surface area (Å²) < 4.78 is 0. The normalized spacial score (nSPS) is 13.7. The summed E-state index contributed by atoms with van der Waals surface area (Å²) in [6.45, 7) is 4.88. The van der Waals surface area contributed by atoms with Crippen LogP contribution in [0.1, 0.15) is 32.8 Å². The summed E-state index contributed by atoms with van der Waals surface area (Å²) in [6.07, 6.45) is 0.299. The van der Waals surface area contributed by atoms with Crippen molar-refractivity contribution in [2.45, 2.75) is 39.7 Å². The van der Waals surface area contributed by atoms with Gasteiger partial charge in [0.1, 0.15) is 5.78 Å². The molecule has 0 aliphatic carbocycles. The van der Waals surface area contributed by atoms with E-state index in [4.69, 9.17) is 0 Å². The van der Waals surface area contributed by atoms with Gasteiger partial charge >= 0.3 is 0 Å². The van der Waals surface area contributed by atoms with Gasteiger partial charge < -0.3 is 10.4 Å². The minimum absolute atomic E-state index is 0.000330. The van der Waals surface area contributed by atoms with Crippen molar-refractivity contribution in [3.63, 3.8) is 0 Å². The Kier molecular flexibility index (Phi) is 5.70. The molecule has 0 aromatic heterocycles. The second-order valence-electron chi connectivity index (χ2n) is 5.03. The van der Waals surface area contributed by atoms with E-state index in [2.05, 4.69) is 5.32 Å². The molecule has 0 radical (unpaired) electrons. The third-order valence-corrected chi connectivity index (χ3v) is 2.99. The largest absolute Gasteiger partial charge is 0.392 e. The number of ketones is 1. The van der Waals surface area contributed by atoms with Gasteiger partial charge in [-0.25, -0.2) is 0 Å². The fraction of sp³-hybridized carbons (Fsp3) is 0.467. The van der Waals surface area contributed by atoms with Crippen LogP contribution in [0.3, 0.4) is 0 Å². The predicted octanol–water partition coefficient (Wildman–Crippen LogP) is 2.16. The van der Waals surface area contributed by atoms with Crippen molar-refractivity contribution in [3.8, 4) is 0 Å². The van der Waals surface area contributed by atoms with Crippen molar-refractivity contribution in [1.82, 2.24) is 0 Å². The smallest absolute Gasteiger partial charge is 0.221 e. The molecule has 4 nitrogen and oxygen atoms in total. The molecule has 4 heteroatoms. The number of anilines is 1. The van der Waals surface area contributed by atoms with Crippen molar-refractivity contribution in [2.75, 3.05) is 5.32 Å². The molecular weight excluding hydrogens is 242 g/mol. The fourth-order valence-corrected chi connectivity index (χ4v) is 1.93. The summed E-state index contributed by atoms with van der Waals surface area (Å²) in [5.74, 6) is -0.0751. The first-order valence-electron chi connectivity index (χ1n) is 6.42. The Balaban J connectivity index is 2.57. The molecule has 0 saturated carbocycles. The lowest BCUT2D eigenvalue weighted by Gasteiger charge is -2.17. The van der Waals surface area contributed by atoms with Crippen LogP contribution in [0.2, 0.25) is 0 Å². The number of benzene rings is 1. The minimum atomic E-state index is -0.604. The minimum Gasteiger partial charge on any atom is -0.392 e. The molecule has 0 heterocycles. The molecule has 1 amide bonds. The van der Waals surface area contributed by atoms with Gasteiger partial charge in [-0.2, -0.15) is 0 Å². The lowest BCUT2D eigenvalue weighted by molar-refractivity contribution is -0.119. The van der Waals surface area contributed by atoms with Crippen LogP contribution in [0, 0.1) is 5.92 Å². The highest BCUT2D eigenvalue weighted by Crippen LogP contribution is 2.17.